The Balaban J connectivity index is 1.43. The van der Waals surface area contributed by atoms with Gasteiger partial charge in [0.25, 0.3) is 0 Å². The lowest BCUT2D eigenvalue weighted by atomic mass is 9.85. The van der Waals surface area contributed by atoms with Crippen molar-refractivity contribution in [3.8, 4) is 0 Å². The third-order valence-electron chi connectivity index (χ3n) is 5.19. The number of carbonyl (C=O) groups is 1. The van der Waals surface area contributed by atoms with E-state index in [9.17, 15) is 9.18 Å². The topological polar surface area (TPSA) is 79.2 Å². The van der Waals surface area contributed by atoms with Gasteiger partial charge in [0.15, 0.2) is 11.6 Å². The van der Waals surface area contributed by atoms with E-state index in [1.807, 2.05) is 15.6 Å². The predicted molar refractivity (Wildman–Crippen MR) is 98.8 cm³/mol. The number of hydrogen-bond donors (Lipinski definition) is 1. The van der Waals surface area contributed by atoms with Gasteiger partial charge in [-0.25, -0.2) is 9.37 Å². The molecule has 1 fully saturated rings. The van der Waals surface area contributed by atoms with Gasteiger partial charge in [-0.3, -0.25) is 9.48 Å². The van der Waals surface area contributed by atoms with Crippen LogP contribution in [0.4, 0.5) is 16.2 Å². The first kappa shape index (κ1) is 17.7. The molecule has 8 nitrogen and oxygen atoms in total. The Morgan fingerprint density at radius 3 is 2.89 bits per heavy atom. The summed E-state index contributed by atoms with van der Waals surface area (Å²) in [6, 6.07) is 2.00. The van der Waals surface area contributed by atoms with E-state index in [0.29, 0.717) is 32.1 Å². The Labute approximate surface area is 157 Å². The van der Waals surface area contributed by atoms with Crippen LogP contribution in [0.15, 0.2) is 12.3 Å². The summed E-state index contributed by atoms with van der Waals surface area (Å²) in [6.45, 7) is 2.44. The number of carbonyl (C=O) groups excluding carboxylic acids is 1. The second-order valence-corrected chi connectivity index (χ2v) is 7.35. The van der Waals surface area contributed by atoms with E-state index in [-0.39, 0.29) is 17.6 Å². The highest BCUT2D eigenvalue weighted by Gasteiger charge is 2.26. The van der Waals surface area contributed by atoms with E-state index < -0.39 is 5.82 Å². The van der Waals surface area contributed by atoms with E-state index in [4.69, 9.17) is 0 Å². The largest absolute Gasteiger partial charge is 0.360 e. The summed E-state index contributed by atoms with van der Waals surface area (Å²) in [7, 11) is 3.51. The van der Waals surface area contributed by atoms with E-state index in [0.717, 1.165) is 30.7 Å². The minimum atomic E-state index is -0.435. The standard InChI is InChI=1S/C18H24FN7O/c1-24(2)16-15(19)10-21-18(22-16)25-6-7-26-14(11-25)8-13(23-26)9-20-17(27)12-4-3-5-12/h8,10,12H,3-7,9,11H2,1-2H3,(H,20,27). The van der Waals surface area contributed by atoms with Gasteiger partial charge in [0.05, 0.1) is 37.2 Å². The lowest BCUT2D eigenvalue weighted by Crippen LogP contribution is -2.35. The van der Waals surface area contributed by atoms with Crippen molar-refractivity contribution >= 4 is 17.7 Å². The van der Waals surface area contributed by atoms with Gasteiger partial charge in [0, 0.05) is 26.6 Å². The SMILES string of the molecule is CN(C)c1nc(N2CCn3nc(CNC(=O)C4CCC4)cc3C2)ncc1F. The smallest absolute Gasteiger partial charge is 0.227 e. The predicted octanol–water partition coefficient (Wildman–Crippen LogP) is 1.31. The van der Waals surface area contributed by atoms with Gasteiger partial charge in [0.1, 0.15) is 0 Å². The van der Waals surface area contributed by atoms with Gasteiger partial charge in [-0.2, -0.15) is 10.1 Å². The molecule has 0 bridgehead atoms. The number of nitrogens with one attached hydrogen (secondary N) is 1. The zero-order chi connectivity index (χ0) is 19.0. The van der Waals surface area contributed by atoms with E-state index in [1.54, 1.807) is 19.0 Å². The van der Waals surface area contributed by atoms with Crippen LogP contribution in [0, 0.1) is 11.7 Å². The van der Waals surface area contributed by atoms with Crippen LogP contribution >= 0.6 is 0 Å². The Bertz CT molecular complexity index is 846. The van der Waals surface area contributed by atoms with Gasteiger partial charge in [-0.1, -0.05) is 6.42 Å². The number of halogens is 1. The van der Waals surface area contributed by atoms with Crippen LogP contribution in [0.25, 0.3) is 0 Å². The number of nitrogens with zero attached hydrogens (tertiary/aromatic N) is 6. The highest BCUT2D eigenvalue weighted by molar-refractivity contribution is 5.79. The van der Waals surface area contributed by atoms with Gasteiger partial charge in [-0.05, 0) is 18.9 Å². The van der Waals surface area contributed by atoms with E-state index >= 15 is 0 Å². The Morgan fingerprint density at radius 2 is 2.19 bits per heavy atom. The number of aromatic nitrogens is 4. The molecule has 0 spiro atoms. The average Bonchev–Trinajstić information content (AvgIpc) is 3.00. The molecule has 144 valence electrons. The first-order valence-corrected chi connectivity index (χ1v) is 9.29. The van der Waals surface area contributed by atoms with Crippen LogP contribution in [-0.2, 0) is 24.4 Å². The lowest BCUT2D eigenvalue weighted by molar-refractivity contribution is -0.127. The fraction of sp³-hybridized carbons (Fsp3) is 0.556. The molecule has 2 aliphatic rings. The van der Waals surface area contributed by atoms with Gasteiger partial charge in [-0.15, -0.1) is 0 Å². The number of rotatable bonds is 5. The molecule has 0 aromatic carbocycles. The molecule has 0 radical (unpaired) electrons. The zero-order valence-electron chi connectivity index (χ0n) is 15.7. The van der Waals surface area contributed by atoms with Crippen molar-refractivity contribution < 1.29 is 9.18 Å². The maximum atomic E-state index is 13.8. The molecule has 3 heterocycles. The quantitative estimate of drug-likeness (QED) is 0.852. The summed E-state index contributed by atoms with van der Waals surface area (Å²) in [6.07, 6.45) is 4.35. The van der Waals surface area contributed by atoms with Gasteiger partial charge >= 0.3 is 0 Å². The first-order valence-electron chi connectivity index (χ1n) is 9.29. The normalized spacial score (nSPS) is 16.6. The van der Waals surface area contributed by atoms with Crippen molar-refractivity contribution in [1.29, 1.82) is 0 Å². The highest BCUT2D eigenvalue weighted by atomic mass is 19.1. The second kappa shape index (κ2) is 7.13. The van der Waals surface area contributed by atoms with Crippen LogP contribution in [0.1, 0.15) is 30.7 Å². The third-order valence-corrected chi connectivity index (χ3v) is 5.19. The van der Waals surface area contributed by atoms with Gasteiger partial charge < -0.3 is 15.1 Å². The molecule has 1 amide bonds. The molecule has 4 rings (SSSR count). The molecule has 27 heavy (non-hydrogen) atoms. The number of fused-ring (bicyclic) bond motifs is 1. The summed E-state index contributed by atoms with van der Waals surface area (Å²) < 4.78 is 15.8. The van der Waals surface area contributed by atoms with Crippen LogP contribution in [0.2, 0.25) is 0 Å². The van der Waals surface area contributed by atoms with Crippen LogP contribution in [0.5, 0.6) is 0 Å². The van der Waals surface area contributed by atoms with Crippen molar-refractivity contribution in [2.45, 2.75) is 38.9 Å². The highest BCUT2D eigenvalue weighted by Crippen LogP contribution is 2.26. The maximum Gasteiger partial charge on any atom is 0.227 e. The van der Waals surface area contributed by atoms with E-state index in [1.165, 1.54) is 6.20 Å². The molecule has 9 heteroatoms. The minimum absolute atomic E-state index is 0.129. The van der Waals surface area contributed by atoms with Crippen LogP contribution in [-0.4, -0.2) is 46.3 Å². The van der Waals surface area contributed by atoms with Crippen molar-refractivity contribution in [1.82, 2.24) is 25.1 Å². The molecule has 1 aliphatic carbocycles. The summed E-state index contributed by atoms with van der Waals surface area (Å²) in [5.74, 6) is 0.658. The summed E-state index contributed by atoms with van der Waals surface area (Å²) in [5.41, 5.74) is 1.89. The zero-order valence-corrected chi connectivity index (χ0v) is 15.7. The molecular weight excluding hydrogens is 349 g/mol. The minimum Gasteiger partial charge on any atom is -0.360 e. The monoisotopic (exact) mass is 373 g/mol. The number of amides is 1. The Morgan fingerprint density at radius 1 is 1.37 bits per heavy atom. The molecule has 1 N–H and O–H groups in total. The fourth-order valence-corrected chi connectivity index (χ4v) is 3.39. The van der Waals surface area contributed by atoms with Crippen LogP contribution < -0.4 is 15.1 Å². The number of hydrogen-bond acceptors (Lipinski definition) is 6. The molecule has 1 aliphatic heterocycles. The van der Waals surface area contributed by atoms with Crippen molar-refractivity contribution in [2.24, 2.45) is 5.92 Å². The Kier molecular flexibility index (Phi) is 4.67. The summed E-state index contributed by atoms with van der Waals surface area (Å²) in [5, 5.41) is 7.56. The molecule has 1 saturated carbocycles. The molecule has 0 atom stereocenters. The lowest BCUT2D eigenvalue weighted by Gasteiger charge is -2.28. The molecule has 0 saturated heterocycles. The third kappa shape index (κ3) is 3.58. The summed E-state index contributed by atoms with van der Waals surface area (Å²) >= 11 is 0. The van der Waals surface area contributed by atoms with Crippen LogP contribution in [0.3, 0.4) is 0 Å². The number of anilines is 2. The van der Waals surface area contributed by atoms with Gasteiger partial charge in [0.2, 0.25) is 11.9 Å². The molecule has 0 unspecified atom stereocenters. The summed E-state index contributed by atoms with van der Waals surface area (Å²) in [4.78, 5) is 24.1. The maximum absolute atomic E-state index is 13.8. The van der Waals surface area contributed by atoms with Crippen molar-refractivity contribution in [3.63, 3.8) is 0 Å². The molecule has 2 aromatic rings. The van der Waals surface area contributed by atoms with Crippen molar-refractivity contribution in [2.75, 3.05) is 30.4 Å². The van der Waals surface area contributed by atoms with E-state index in [2.05, 4.69) is 20.4 Å². The molecular formula is C18H24FN7O. The molecule has 2 aromatic heterocycles. The fourth-order valence-electron chi connectivity index (χ4n) is 3.39. The first-order chi connectivity index (χ1) is 13.0. The Hall–Kier alpha value is -2.71. The second-order valence-electron chi connectivity index (χ2n) is 7.35. The average molecular weight is 373 g/mol. The van der Waals surface area contributed by atoms with Crippen molar-refractivity contribution in [3.05, 3.63) is 29.5 Å².